The van der Waals surface area contributed by atoms with Gasteiger partial charge in [0.1, 0.15) is 5.60 Å². The first-order chi connectivity index (χ1) is 17.3. The molecule has 2 aromatic carbocycles. The minimum absolute atomic E-state index is 0.0235. The van der Waals surface area contributed by atoms with E-state index in [0.717, 1.165) is 6.07 Å². The van der Waals surface area contributed by atoms with E-state index < -0.39 is 25.6 Å². The Bertz CT molecular complexity index is 1370. The van der Waals surface area contributed by atoms with Crippen LogP contribution >= 0.6 is 0 Å². The number of sulfonamides is 2. The third kappa shape index (κ3) is 8.09. The fourth-order valence-electron chi connectivity index (χ4n) is 3.63. The van der Waals surface area contributed by atoms with Crippen molar-refractivity contribution in [3.8, 4) is 0 Å². The zero-order valence-corrected chi connectivity index (χ0v) is 22.4. The lowest BCUT2D eigenvalue weighted by Gasteiger charge is -2.33. The first kappa shape index (κ1) is 28.3. The van der Waals surface area contributed by atoms with Gasteiger partial charge in [0.05, 0.1) is 9.79 Å². The number of amides is 1. The molecule has 1 amide bonds. The van der Waals surface area contributed by atoms with Gasteiger partial charge in [0.2, 0.25) is 10.0 Å². The maximum atomic E-state index is 12.9. The highest BCUT2D eigenvalue weighted by Gasteiger charge is 2.28. The monoisotopic (exact) mass is 550 g/mol. The Morgan fingerprint density at radius 2 is 1.65 bits per heavy atom. The lowest BCUT2D eigenvalue weighted by Crippen LogP contribution is -2.43. The number of hydrogen-bond acceptors (Lipinski definition) is 7. The molecule has 0 saturated carbocycles. The molecular weight excluding hydrogens is 520 g/mol. The third-order valence-electron chi connectivity index (χ3n) is 5.53. The van der Waals surface area contributed by atoms with E-state index in [9.17, 15) is 21.6 Å². The summed E-state index contributed by atoms with van der Waals surface area (Å²) in [7, 11) is -8.05. The van der Waals surface area contributed by atoms with Crippen LogP contribution in [0.3, 0.4) is 0 Å². The Balaban J connectivity index is 1.61. The van der Waals surface area contributed by atoms with Crippen LogP contribution in [0.1, 0.15) is 33.6 Å². The van der Waals surface area contributed by atoms with Gasteiger partial charge in [0.15, 0.2) is 0 Å². The maximum absolute atomic E-state index is 12.9. The lowest BCUT2D eigenvalue weighted by molar-refractivity contribution is 0.0185. The average molecular weight is 551 g/mol. The maximum Gasteiger partial charge on any atom is 0.410 e. The highest BCUT2D eigenvalue weighted by Crippen LogP contribution is 2.23. The summed E-state index contributed by atoms with van der Waals surface area (Å²) >= 11 is 0. The normalized spacial score (nSPS) is 15.1. The second-order valence-electron chi connectivity index (χ2n) is 9.58. The molecule has 0 bridgehead atoms. The summed E-state index contributed by atoms with van der Waals surface area (Å²) in [6, 6.07) is 10.8. The number of carbonyl (C=O) groups is 1. The Morgan fingerprint density at radius 3 is 2.22 bits per heavy atom. The molecule has 0 aliphatic carbocycles. The standard InChI is InChI=1S/C23H30N6O6S2/c1-23(2,3)35-22(30)29-13-11-17(12-14-29)16-25-36(31,32)20-5-4-6-21(15-20)37(33,34)27-19-9-7-18(8-10-19)26-28-24/h4-10,15,17,25,27H,11-14,16H2,1-3H3. The van der Waals surface area contributed by atoms with E-state index in [1.54, 1.807) is 25.7 Å². The number of hydrogen-bond donors (Lipinski definition) is 2. The molecule has 1 saturated heterocycles. The number of azide groups is 1. The van der Waals surface area contributed by atoms with Gasteiger partial charge in [-0.2, -0.15) is 0 Å². The molecule has 1 aliphatic rings. The minimum atomic E-state index is -4.08. The zero-order valence-electron chi connectivity index (χ0n) is 20.8. The smallest absolute Gasteiger partial charge is 0.410 e. The van der Waals surface area contributed by atoms with Crippen molar-refractivity contribution in [3.63, 3.8) is 0 Å². The number of piperidine rings is 1. The molecule has 1 heterocycles. The van der Waals surface area contributed by atoms with Crippen LogP contribution in [0.25, 0.3) is 10.4 Å². The van der Waals surface area contributed by atoms with Gasteiger partial charge in [-0.05, 0) is 75.4 Å². The molecule has 2 aromatic rings. The zero-order chi connectivity index (χ0) is 27.3. The van der Waals surface area contributed by atoms with Crippen LogP contribution < -0.4 is 9.44 Å². The quantitative estimate of drug-likeness (QED) is 0.281. The van der Waals surface area contributed by atoms with Crippen molar-refractivity contribution in [2.45, 2.75) is 49.0 Å². The van der Waals surface area contributed by atoms with Crippen LogP contribution in [0.4, 0.5) is 16.2 Å². The van der Waals surface area contributed by atoms with E-state index in [2.05, 4.69) is 19.5 Å². The van der Waals surface area contributed by atoms with Crippen LogP contribution in [-0.4, -0.2) is 53.1 Å². The number of carbonyl (C=O) groups excluding carboxylic acids is 1. The summed E-state index contributed by atoms with van der Waals surface area (Å²) in [5, 5.41) is 3.42. The van der Waals surface area contributed by atoms with Crippen molar-refractivity contribution < 1.29 is 26.4 Å². The SMILES string of the molecule is CC(C)(C)OC(=O)N1CCC(CNS(=O)(=O)c2cccc(S(=O)(=O)Nc3ccc(N=[N+]=[N-])cc3)c2)CC1. The summed E-state index contributed by atoms with van der Waals surface area (Å²) in [6.45, 7) is 6.49. The number of nitrogens with zero attached hydrogens (tertiary/aromatic N) is 4. The van der Waals surface area contributed by atoms with Gasteiger partial charge < -0.3 is 9.64 Å². The molecule has 1 aliphatic heterocycles. The second kappa shape index (κ2) is 11.4. The van der Waals surface area contributed by atoms with E-state index in [4.69, 9.17) is 10.3 Å². The van der Waals surface area contributed by atoms with Crippen molar-refractivity contribution in [1.82, 2.24) is 9.62 Å². The largest absolute Gasteiger partial charge is 0.444 e. The van der Waals surface area contributed by atoms with Gasteiger partial charge in [-0.15, -0.1) is 0 Å². The van der Waals surface area contributed by atoms with Crippen molar-refractivity contribution in [3.05, 3.63) is 59.0 Å². The molecule has 0 aromatic heterocycles. The molecule has 37 heavy (non-hydrogen) atoms. The van der Waals surface area contributed by atoms with Crippen molar-refractivity contribution in [2.24, 2.45) is 11.0 Å². The van der Waals surface area contributed by atoms with Crippen LogP contribution in [0.15, 0.2) is 63.4 Å². The highest BCUT2D eigenvalue weighted by molar-refractivity contribution is 7.93. The number of ether oxygens (including phenoxy) is 1. The number of likely N-dealkylation sites (tertiary alicyclic amines) is 1. The van der Waals surface area contributed by atoms with Crippen molar-refractivity contribution >= 4 is 37.5 Å². The molecule has 2 N–H and O–H groups in total. The van der Waals surface area contributed by atoms with E-state index in [0.29, 0.717) is 31.6 Å². The summed E-state index contributed by atoms with van der Waals surface area (Å²) in [6.07, 6.45) is 0.835. The Labute approximate surface area is 216 Å². The van der Waals surface area contributed by atoms with E-state index in [-0.39, 0.29) is 34.0 Å². The number of rotatable bonds is 8. The first-order valence-electron chi connectivity index (χ1n) is 11.5. The summed E-state index contributed by atoms with van der Waals surface area (Å²) in [4.78, 5) is 16.1. The minimum Gasteiger partial charge on any atom is -0.444 e. The molecular formula is C23H30N6O6S2. The van der Waals surface area contributed by atoms with Crippen LogP contribution in [0.2, 0.25) is 0 Å². The van der Waals surface area contributed by atoms with Gasteiger partial charge in [0, 0.05) is 35.9 Å². The fourth-order valence-corrected chi connectivity index (χ4v) is 5.97. The van der Waals surface area contributed by atoms with E-state index in [1.807, 2.05) is 0 Å². The highest BCUT2D eigenvalue weighted by atomic mass is 32.2. The summed E-state index contributed by atoms with van der Waals surface area (Å²) in [5.74, 6) is 0.0235. The van der Waals surface area contributed by atoms with Gasteiger partial charge in [-0.1, -0.05) is 23.3 Å². The molecule has 0 radical (unpaired) electrons. The van der Waals surface area contributed by atoms with E-state index in [1.165, 1.54) is 42.5 Å². The summed E-state index contributed by atoms with van der Waals surface area (Å²) < 4.78 is 61.7. The average Bonchev–Trinajstić information content (AvgIpc) is 2.83. The van der Waals surface area contributed by atoms with Gasteiger partial charge >= 0.3 is 6.09 Å². The predicted molar refractivity (Wildman–Crippen MR) is 138 cm³/mol. The number of nitrogens with one attached hydrogen (secondary N) is 2. The second-order valence-corrected chi connectivity index (χ2v) is 13.0. The molecule has 3 rings (SSSR count). The number of benzene rings is 2. The van der Waals surface area contributed by atoms with E-state index >= 15 is 0 Å². The molecule has 0 spiro atoms. The fraction of sp³-hybridized carbons (Fsp3) is 0.435. The topological polar surface area (TPSA) is 171 Å². The molecule has 200 valence electrons. The van der Waals surface area contributed by atoms with Crippen molar-refractivity contribution in [2.75, 3.05) is 24.4 Å². The van der Waals surface area contributed by atoms with Crippen LogP contribution in [0.5, 0.6) is 0 Å². The summed E-state index contributed by atoms with van der Waals surface area (Å²) in [5.41, 5.74) is 8.42. The predicted octanol–water partition coefficient (Wildman–Crippen LogP) is 4.35. The van der Waals surface area contributed by atoms with Gasteiger partial charge in [-0.3, -0.25) is 4.72 Å². The molecule has 0 atom stereocenters. The first-order valence-corrected chi connectivity index (χ1v) is 14.5. The molecule has 1 fully saturated rings. The molecule has 14 heteroatoms. The lowest BCUT2D eigenvalue weighted by atomic mass is 9.97. The Hall–Kier alpha value is -3.32. The third-order valence-corrected chi connectivity index (χ3v) is 8.33. The number of anilines is 1. The van der Waals surface area contributed by atoms with Gasteiger partial charge in [-0.25, -0.2) is 26.4 Å². The van der Waals surface area contributed by atoms with Crippen LogP contribution in [-0.2, 0) is 24.8 Å². The molecule has 0 unspecified atom stereocenters. The molecule has 12 nitrogen and oxygen atoms in total. The van der Waals surface area contributed by atoms with Crippen molar-refractivity contribution in [1.29, 1.82) is 0 Å². The Morgan fingerprint density at radius 1 is 1.05 bits per heavy atom. The van der Waals surface area contributed by atoms with Crippen LogP contribution in [0, 0.1) is 5.92 Å². The Kier molecular flexibility index (Phi) is 8.69. The van der Waals surface area contributed by atoms with Gasteiger partial charge in [0.25, 0.3) is 10.0 Å².